The SMILES string of the molecule is COc1cc(C(=O)NNC(=O)COc2ccccc2Cl)cc(Cl)c1OC. The summed E-state index contributed by atoms with van der Waals surface area (Å²) in [7, 11) is 2.85. The van der Waals surface area contributed by atoms with Gasteiger partial charge in [0.25, 0.3) is 11.8 Å². The maximum Gasteiger partial charge on any atom is 0.276 e. The molecule has 138 valence electrons. The average Bonchev–Trinajstić information content (AvgIpc) is 2.64. The quantitative estimate of drug-likeness (QED) is 0.730. The first-order valence-electron chi connectivity index (χ1n) is 7.34. The van der Waals surface area contributed by atoms with Gasteiger partial charge in [0, 0.05) is 5.56 Å². The predicted octanol–water partition coefficient (Wildman–Crippen LogP) is 2.85. The summed E-state index contributed by atoms with van der Waals surface area (Å²) < 4.78 is 15.5. The summed E-state index contributed by atoms with van der Waals surface area (Å²) >= 11 is 12.0. The van der Waals surface area contributed by atoms with Crippen LogP contribution in [-0.4, -0.2) is 32.6 Å². The Morgan fingerprint density at radius 1 is 0.962 bits per heavy atom. The monoisotopic (exact) mass is 398 g/mol. The van der Waals surface area contributed by atoms with Gasteiger partial charge < -0.3 is 14.2 Å². The van der Waals surface area contributed by atoms with E-state index in [1.54, 1.807) is 24.3 Å². The topological polar surface area (TPSA) is 85.9 Å². The average molecular weight is 399 g/mol. The molecule has 0 aliphatic rings. The van der Waals surface area contributed by atoms with E-state index in [9.17, 15) is 9.59 Å². The zero-order valence-electron chi connectivity index (χ0n) is 14.0. The van der Waals surface area contributed by atoms with Gasteiger partial charge >= 0.3 is 0 Å². The van der Waals surface area contributed by atoms with E-state index in [0.29, 0.717) is 22.3 Å². The van der Waals surface area contributed by atoms with Gasteiger partial charge in [-0.2, -0.15) is 0 Å². The fourth-order valence-corrected chi connectivity index (χ4v) is 2.47. The molecule has 2 aromatic carbocycles. The number of carbonyl (C=O) groups is 2. The number of para-hydroxylation sites is 1. The first kappa shape index (κ1) is 19.7. The Bertz CT molecular complexity index is 814. The molecule has 2 N–H and O–H groups in total. The Kier molecular flexibility index (Phi) is 6.94. The highest BCUT2D eigenvalue weighted by molar-refractivity contribution is 6.32. The van der Waals surface area contributed by atoms with Crippen LogP contribution in [0.15, 0.2) is 36.4 Å². The van der Waals surface area contributed by atoms with Crippen molar-refractivity contribution in [2.75, 3.05) is 20.8 Å². The van der Waals surface area contributed by atoms with Crippen molar-refractivity contribution in [3.05, 3.63) is 52.0 Å². The molecule has 0 heterocycles. The Hall–Kier alpha value is -2.64. The van der Waals surface area contributed by atoms with Crippen molar-refractivity contribution in [3.63, 3.8) is 0 Å². The summed E-state index contributed by atoms with van der Waals surface area (Å²) in [4.78, 5) is 23.9. The van der Waals surface area contributed by atoms with Crippen LogP contribution in [0.4, 0.5) is 0 Å². The highest BCUT2D eigenvalue weighted by Crippen LogP contribution is 2.35. The molecule has 0 saturated carbocycles. The minimum absolute atomic E-state index is 0.181. The van der Waals surface area contributed by atoms with Crippen LogP contribution < -0.4 is 25.1 Å². The Balaban J connectivity index is 1.93. The van der Waals surface area contributed by atoms with E-state index in [1.165, 1.54) is 26.4 Å². The van der Waals surface area contributed by atoms with E-state index < -0.39 is 11.8 Å². The third kappa shape index (κ3) is 4.93. The number of nitrogens with one attached hydrogen (secondary N) is 2. The van der Waals surface area contributed by atoms with Gasteiger partial charge in [-0.1, -0.05) is 35.3 Å². The summed E-state index contributed by atoms with van der Waals surface area (Å²) in [6.45, 7) is -0.323. The maximum atomic E-state index is 12.2. The lowest BCUT2D eigenvalue weighted by Gasteiger charge is -2.12. The summed E-state index contributed by atoms with van der Waals surface area (Å²) in [6, 6.07) is 9.56. The Morgan fingerprint density at radius 2 is 1.69 bits per heavy atom. The number of ether oxygens (including phenoxy) is 3. The number of benzene rings is 2. The van der Waals surface area contributed by atoms with Crippen LogP contribution in [0.3, 0.4) is 0 Å². The molecule has 0 spiro atoms. The van der Waals surface area contributed by atoms with Crippen LogP contribution in [0.2, 0.25) is 10.0 Å². The van der Waals surface area contributed by atoms with Crippen molar-refractivity contribution in [1.29, 1.82) is 0 Å². The molecule has 0 aliphatic heterocycles. The molecule has 0 atom stereocenters. The fourth-order valence-electron chi connectivity index (χ4n) is 1.99. The lowest BCUT2D eigenvalue weighted by atomic mass is 10.2. The largest absolute Gasteiger partial charge is 0.493 e. The number of hydrogen-bond donors (Lipinski definition) is 2. The standard InChI is InChI=1S/C17H16Cl2N2O5/c1-24-14-8-10(7-12(19)16(14)25-2)17(23)21-20-15(22)9-26-13-6-4-3-5-11(13)18/h3-8H,9H2,1-2H3,(H,20,22)(H,21,23). The number of halogens is 2. The highest BCUT2D eigenvalue weighted by atomic mass is 35.5. The lowest BCUT2D eigenvalue weighted by Crippen LogP contribution is -2.43. The van der Waals surface area contributed by atoms with Crippen LogP contribution in [0.5, 0.6) is 17.2 Å². The molecule has 9 heteroatoms. The highest BCUT2D eigenvalue weighted by Gasteiger charge is 2.16. The van der Waals surface area contributed by atoms with Crippen LogP contribution in [0.1, 0.15) is 10.4 Å². The van der Waals surface area contributed by atoms with Crippen LogP contribution in [0, 0.1) is 0 Å². The molecule has 26 heavy (non-hydrogen) atoms. The van der Waals surface area contributed by atoms with Gasteiger partial charge in [-0.05, 0) is 24.3 Å². The second kappa shape index (κ2) is 9.17. The van der Waals surface area contributed by atoms with E-state index in [-0.39, 0.29) is 17.2 Å². The summed E-state index contributed by atoms with van der Waals surface area (Å²) in [6.07, 6.45) is 0. The Morgan fingerprint density at radius 3 is 2.35 bits per heavy atom. The maximum absolute atomic E-state index is 12.2. The van der Waals surface area contributed by atoms with Gasteiger partial charge in [-0.3, -0.25) is 20.4 Å². The molecule has 2 rings (SSSR count). The molecular formula is C17H16Cl2N2O5. The molecule has 0 bridgehead atoms. The molecule has 0 aliphatic carbocycles. The number of hydrazine groups is 1. The number of amides is 2. The number of rotatable bonds is 6. The van der Waals surface area contributed by atoms with Crippen LogP contribution >= 0.6 is 23.2 Å². The second-order valence-electron chi connectivity index (χ2n) is 4.91. The third-order valence-electron chi connectivity index (χ3n) is 3.21. The number of carbonyl (C=O) groups excluding carboxylic acids is 2. The van der Waals surface area contributed by atoms with Gasteiger partial charge in [-0.25, -0.2) is 0 Å². The molecule has 0 aromatic heterocycles. The normalized spacial score (nSPS) is 10.0. The molecule has 0 fully saturated rings. The van der Waals surface area contributed by atoms with Gasteiger partial charge in [0.15, 0.2) is 18.1 Å². The molecule has 2 amide bonds. The van der Waals surface area contributed by atoms with Crippen LogP contribution in [0.25, 0.3) is 0 Å². The van der Waals surface area contributed by atoms with Gasteiger partial charge in [0.05, 0.1) is 24.3 Å². The molecule has 2 aromatic rings. The van der Waals surface area contributed by atoms with Crippen molar-refractivity contribution in [2.24, 2.45) is 0 Å². The molecule has 0 saturated heterocycles. The van der Waals surface area contributed by atoms with Crippen molar-refractivity contribution >= 4 is 35.0 Å². The third-order valence-corrected chi connectivity index (χ3v) is 3.80. The lowest BCUT2D eigenvalue weighted by molar-refractivity contribution is -0.123. The zero-order valence-corrected chi connectivity index (χ0v) is 15.5. The summed E-state index contributed by atoms with van der Waals surface area (Å²) in [5, 5.41) is 0.578. The minimum Gasteiger partial charge on any atom is -0.493 e. The van der Waals surface area contributed by atoms with Gasteiger partial charge in [0.2, 0.25) is 0 Å². The molecule has 0 unspecified atom stereocenters. The van der Waals surface area contributed by atoms with Gasteiger partial charge in [-0.15, -0.1) is 0 Å². The van der Waals surface area contributed by atoms with E-state index in [2.05, 4.69) is 10.9 Å². The van der Waals surface area contributed by atoms with E-state index in [4.69, 9.17) is 37.4 Å². The molecule has 7 nitrogen and oxygen atoms in total. The van der Waals surface area contributed by atoms with Gasteiger partial charge in [0.1, 0.15) is 5.75 Å². The van der Waals surface area contributed by atoms with E-state index in [1.807, 2.05) is 0 Å². The van der Waals surface area contributed by atoms with Crippen molar-refractivity contribution < 1.29 is 23.8 Å². The van der Waals surface area contributed by atoms with Crippen LogP contribution in [-0.2, 0) is 4.79 Å². The minimum atomic E-state index is -0.584. The molecular weight excluding hydrogens is 383 g/mol. The fraction of sp³-hybridized carbons (Fsp3) is 0.176. The van der Waals surface area contributed by atoms with Crippen molar-refractivity contribution in [1.82, 2.24) is 10.9 Å². The second-order valence-corrected chi connectivity index (χ2v) is 5.73. The van der Waals surface area contributed by atoms with E-state index >= 15 is 0 Å². The number of hydrogen-bond acceptors (Lipinski definition) is 5. The summed E-state index contributed by atoms with van der Waals surface area (Å²) in [5.74, 6) is -0.187. The first-order chi connectivity index (χ1) is 12.5. The first-order valence-corrected chi connectivity index (χ1v) is 8.10. The molecule has 0 radical (unpaired) electrons. The smallest absolute Gasteiger partial charge is 0.276 e. The van der Waals surface area contributed by atoms with Crippen molar-refractivity contribution in [3.8, 4) is 17.2 Å². The Labute approximate surface area is 160 Å². The van der Waals surface area contributed by atoms with Crippen molar-refractivity contribution in [2.45, 2.75) is 0 Å². The summed E-state index contributed by atoms with van der Waals surface area (Å²) in [5.41, 5.74) is 4.67. The zero-order chi connectivity index (χ0) is 19.1. The predicted molar refractivity (Wildman–Crippen MR) is 97.1 cm³/mol. The van der Waals surface area contributed by atoms with E-state index in [0.717, 1.165) is 0 Å². The number of methoxy groups -OCH3 is 2.